The average molecular weight is 168 g/mol. The van der Waals surface area contributed by atoms with Crippen LogP contribution in [0.4, 0.5) is 0 Å². The monoisotopic (exact) mass is 168 g/mol. The molecule has 12 heavy (non-hydrogen) atoms. The number of nitrogens with zero attached hydrogens (tertiary/aromatic N) is 1. The summed E-state index contributed by atoms with van der Waals surface area (Å²) in [5.41, 5.74) is 5.56. The molecule has 0 amide bonds. The molecule has 1 aliphatic heterocycles. The zero-order valence-electron chi connectivity index (χ0n) is 7.84. The van der Waals surface area contributed by atoms with Crippen LogP contribution in [0.3, 0.4) is 0 Å². The normalized spacial score (nSPS) is 36.8. The highest BCUT2D eigenvalue weighted by Gasteiger charge is 2.30. The lowest BCUT2D eigenvalue weighted by molar-refractivity contribution is 0.118. The summed E-state index contributed by atoms with van der Waals surface area (Å²) in [5.74, 6) is 0.945. The Labute approximate surface area is 75.1 Å². The maximum Gasteiger partial charge on any atom is 0.00980 e. The minimum Gasteiger partial charge on any atom is -0.330 e. The van der Waals surface area contributed by atoms with E-state index in [1.165, 1.54) is 45.2 Å². The quantitative estimate of drug-likeness (QED) is 0.686. The van der Waals surface area contributed by atoms with Crippen molar-refractivity contribution in [2.75, 3.05) is 19.6 Å². The van der Waals surface area contributed by atoms with Crippen LogP contribution in [0.5, 0.6) is 0 Å². The summed E-state index contributed by atoms with van der Waals surface area (Å²) in [4.78, 5) is 2.65. The summed E-state index contributed by atoms with van der Waals surface area (Å²) >= 11 is 0. The van der Waals surface area contributed by atoms with Gasteiger partial charge in [0.25, 0.3) is 0 Å². The third-order valence-electron chi connectivity index (χ3n) is 3.50. The topological polar surface area (TPSA) is 29.3 Å². The van der Waals surface area contributed by atoms with Crippen LogP contribution in [0.2, 0.25) is 0 Å². The van der Waals surface area contributed by atoms with Crippen molar-refractivity contribution < 1.29 is 0 Å². The minimum absolute atomic E-state index is 0.886. The summed E-state index contributed by atoms with van der Waals surface area (Å²) in [6.07, 6.45) is 6.97. The highest BCUT2D eigenvalue weighted by molar-refractivity contribution is 4.86. The summed E-state index contributed by atoms with van der Waals surface area (Å²) < 4.78 is 0. The molecule has 1 saturated heterocycles. The van der Waals surface area contributed by atoms with Gasteiger partial charge in [-0.05, 0) is 57.7 Å². The molecule has 2 atom stereocenters. The second-order valence-electron chi connectivity index (χ2n) is 4.30. The van der Waals surface area contributed by atoms with Crippen molar-refractivity contribution in [2.45, 2.75) is 38.1 Å². The molecule has 0 aromatic heterocycles. The van der Waals surface area contributed by atoms with E-state index < -0.39 is 0 Å². The van der Waals surface area contributed by atoms with E-state index >= 15 is 0 Å². The van der Waals surface area contributed by atoms with E-state index in [0.29, 0.717) is 0 Å². The molecule has 0 bridgehead atoms. The van der Waals surface area contributed by atoms with Gasteiger partial charge < -0.3 is 10.6 Å². The molecule has 2 fully saturated rings. The predicted molar refractivity (Wildman–Crippen MR) is 51.0 cm³/mol. The molecule has 0 spiro atoms. The van der Waals surface area contributed by atoms with Gasteiger partial charge in [0.15, 0.2) is 0 Å². The Kier molecular flexibility index (Phi) is 2.66. The molecule has 1 saturated carbocycles. The van der Waals surface area contributed by atoms with Crippen molar-refractivity contribution in [3.8, 4) is 0 Å². The van der Waals surface area contributed by atoms with Crippen LogP contribution in [-0.4, -0.2) is 30.6 Å². The first kappa shape index (κ1) is 8.52. The van der Waals surface area contributed by atoms with Crippen molar-refractivity contribution in [2.24, 2.45) is 11.7 Å². The molecule has 1 heterocycles. The number of rotatable bonds is 3. The third-order valence-corrected chi connectivity index (χ3v) is 3.50. The van der Waals surface area contributed by atoms with Crippen LogP contribution in [0.15, 0.2) is 0 Å². The highest BCUT2D eigenvalue weighted by Crippen LogP contribution is 2.33. The second kappa shape index (κ2) is 3.75. The van der Waals surface area contributed by atoms with Gasteiger partial charge in [-0.3, -0.25) is 0 Å². The highest BCUT2D eigenvalue weighted by atomic mass is 15.2. The Morgan fingerprint density at radius 3 is 2.67 bits per heavy atom. The third kappa shape index (κ3) is 1.64. The average Bonchev–Trinajstić information content (AvgIpc) is 2.34. The maximum atomic E-state index is 5.56. The summed E-state index contributed by atoms with van der Waals surface area (Å²) in [7, 11) is 0. The second-order valence-corrected chi connectivity index (χ2v) is 4.30. The Bertz CT molecular complexity index is 143. The molecule has 2 unspecified atom stereocenters. The summed E-state index contributed by atoms with van der Waals surface area (Å²) in [5, 5.41) is 0. The fourth-order valence-electron chi connectivity index (χ4n) is 2.58. The first-order valence-corrected chi connectivity index (χ1v) is 5.34. The minimum atomic E-state index is 0.886. The molecule has 70 valence electrons. The van der Waals surface area contributed by atoms with Gasteiger partial charge in [-0.2, -0.15) is 0 Å². The van der Waals surface area contributed by atoms with Gasteiger partial charge in [-0.1, -0.05) is 0 Å². The van der Waals surface area contributed by atoms with Crippen LogP contribution in [0, 0.1) is 5.92 Å². The smallest absolute Gasteiger partial charge is 0.00980 e. The van der Waals surface area contributed by atoms with Gasteiger partial charge in [0, 0.05) is 6.04 Å². The fraction of sp³-hybridized carbons (Fsp3) is 1.00. The molecule has 2 rings (SSSR count). The van der Waals surface area contributed by atoms with Gasteiger partial charge in [-0.15, -0.1) is 0 Å². The van der Waals surface area contributed by atoms with E-state index in [2.05, 4.69) is 4.90 Å². The van der Waals surface area contributed by atoms with E-state index in [1.54, 1.807) is 0 Å². The van der Waals surface area contributed by atoms with Crippen LogP contribution < -0.4 is 5.73 Å². The lowest BCUT2D eigenvalue weighted by Gasteiger charge is -2.36. The van der Waals surface area contributed by atoms with Crippen molar-refractivity contribution in [3.63, 3.8) is 0 Å². The Balaban J connectivity index is 1.73. The number of likely N-dealkylation sites (tertiary alicyclic amines) is 1. The van der Waals surface area contributed by atoms with Gasteiger partial charge >= 0.3 is 0 Å². The van der Waals surface area contributed by atoms with Crippen molar-refractivity contribution in [1.82, 2.24) is 4.90 Å². The van der Waals surface area contributed by atoms with Crippen LogP contribution in [0.25, 0.3) is 0 Å². The molecule has 2 nitrogen and oxygen atoms in total. The van der Waals surface area contributed by atoms with E-state index in [1.807, 2.05) is 0 Å². The van der Waals surface area contributed by atoms with Gasteiger partial charge in [0.1, 0.15) is 0 Å². The van der Waals surface area contributed by atoms with Crippen molar-refractivity contribution >= 4 is 0 Å². The van der Waals surface area contributed by atoms with Gasteiger partial charge in [-0.25, -0.2) is 0 Å². The molecule has 0 aromatic carbocycles. The maximum absolute atomic E-state index is 5.56. The Morgan fingerprint density at radius 2 is 2.08 bits per heavy atom. The fourth-order valence-corrected chi connectivity index (χ4v) is 2.58. The van der Waals surface area contributed by atoms with Crippen LogP contribution in [-0.2, 0) is 0 Å². The molecular formula is C10H20N2. The van der Waals surface area contributed by atoms with Gasteiger partial charge in [0.2, 0.25) is 0 Å². The lowest BCUT2D eigenvalue weighted by atomic mass is 10.0. The first-order chi connectivity index (χ1) is 5.90. The van der Waals surface area contributed by atoms with E-state index in [9.17, 15) is 0 Å². The SMILES string of the molecule is NCCC1CCC(N2CCC2)C1. The molecule has 1 aliphatic carbocycles. The standard InChI is InChI=1S/C10H20N2/c11-5-4-9-2-3-10(8-9)12-6-1-7-12/h9-10H,1-8,11H2. The van der Waals surface area contributed by atoms with E-state index in [-0.39, 0.29) is 0 Å². The molecule has 2 aliphatic rings. The predicted octanol–water partition coefficient (Wildman–Crippen LogP) is 1.21. The van der Waals surface area contributed by atoms with Crippen LogP contribution >= 0.6 is 0 Å². The Morgan fingerprint density at radius 1 is 1.25 bits per heavy atom. The zero-order chi connectivity index (χ0) is 8.39. The first-order valence-electron chi connectivity index (χ1n) is 5.34. The van der Waals surface area contributed by atoms with E-state index in [0.717, 1.165) is 18.5 Å². The zero-order valence-corrected chi connectivity index (χ0v) is 7.84. The molecular weight excluding hydrogens is 148 g/mol. The number of hydrogen-bond acceptors (Lipinski definition) is 2. The largest absolute Gasteiger partial charge is 0.330 e. The number of nitrogens with two attached hydrogens (primary N) is 1. The summed E-state index contributed by atoms with van der Waals surface area (Å²) in [6, 6.07) is 0.926. The lowest BCUT2D eigenvalue weighted by Crippen LogP contribution is -2.43. The van der Waals surface area contributed by atoms with Crippen LogP contribution in [0.1, 0.15) is 32.1 Å². The molecule has 0 aromatic rings. The van der Waals surface area contributed by atoms with E-state index in [4.69, 9.17) is 5.73 Å². The molecule has 2 N–H and O–H groups in total. The van der Waals surface area contributed by atoms with Crippen molar-refractivity contribution in [1.29, 1.82) is 0 Å². The van der Waals surface area contributed by atoms with Gasteiger partial charge in [0.05, 0.1) is 0 Å². The van der Waals surface area contributed by atoms with Crippen molar-refractivity contribution in [3.05, 3.63) is 0 Å². The Hall–Kier alpha value is -0.0800. The number of hydrogen-bond donors (Lipinski definition) is 1. The summed E-state index contributed by atoms with van der Waals surface area (Å²) in [6.45, 7) is 3.61. The molecule has 2 heteroatoms. The molecule has 0 radical (unpaired) electrons.